The highest BCUT2D eigenvalue weighted by molar-refractivity contribution is 6.07. The number of rotatable bonds is 9. The average molecular weight is 387 g/mol. The van der Waals surface area contributed by atoms with E-state index in [9.17, 15) is 14.4 Å². The minimum absolute atomic E-state index is 0.00327. The van der Waals surface area contributed by atoms with E-state index in [1.807, 2.05) is 30.3 Å². The molecular formula is C21H29N3O4. The van der Waals surface area contributed by atoms with Crippen molar-refractivity contribution in [1.82, 2.24) is 15.1 Å². The summed E-state index contributed by atoms with van der Waals surface area (Å²) in [6.07, 6.45) is 4.12. The van der Waals surface area contributed by atoms with Gasteiger partial charge in [0.2, 0.25) is 5.91 Å². The normalized spacial score (nSPS) is 18.0. The van der Waals surface area contributed by atoms with Crippen LogP contribution in [0, 0.1) is 0 Å². The Balaban J connectivity index is 1.52. The standard InChI is InChI=1S/C21H29N3O4/c1-28-15-14-23(16-17-8-3-2-4-9-17)18(25)10-7-13-24-19(26)21(22-20(24)27)11-5-6-12-21/h2-4,8-9H,5-7,10-16H2,1H3,(H,22,27). The van der Waals surface area contributed by atoms with Gasteiger partial charge in [0.05, 0.1) is 6.61 Å². The fourth-order valence-electron chi connectivity index (χ4n) is 4.04. The number of methoxy groups -OCH3 is 1. The highest BCUT2D eigenvalue weighted by Crippen LogP contribution is 2.35. The maximum atomic E-state index is 12.7. The molecule has 3 rings (SSSR count). The van der Waals surface area contributed by atoms with Crippen LogP contribution >= 0.6 is 0 Å². The van der Waals surface area contributed by atoms with Crippen molar-refractivity contribution >= 4 is 17.8 Å². The molecule has 0 aromatic heterocycles. The van der Waals surface area contributed by atoms with Gasteiger partial charge in [0, 0.05) is 33.2 Å². The number of hydrogen-bond donors (Lipinski definition) is 1. The molecule has 1 aromatic rings. The van der Waals surface area contributed by atoms with E-state index in [0.29, 0.717) is 32.5 Å². The molecule has 152 valence electrons. The summed E-state index contributed by atoms with van der Waals surface area (Å²) in [6, 6.07) is 9.50. The zero-order valence-corrected chi connectivity index (χ0v) is 16.5. The number of carbonyl (C=O) groups excluding carboxylic acids is 3. The van der Waals surface area contributed by atoms with Gasteiger partial charge in [0.25, 0.3) is 5.91 Å². The van der Waals surface area contributed by atoms with Gasteiger partial charge in [-0.1, -0.05) is 43.2 Å². The lowest BCUT2D eigenvalue weighted by Gasteiger charge is -2.23. The Kier molecular flexibility index (Phi) is 6.67. The third-order valence-corrected chi connectivity index (χ3v) is 5.61. The van der Waals surface area contributed by atoms with Crippen LogP contribution in [0.4, 0.5) is 4.79 Å². The molecule has 2 aliphatic rings. The van der Waals surface area contributed by atoms with Gasteiger partial charge in [-0.15, -0.1) is 0 Å². The number of nitrogens with one attached hydrogen (secondary N) is 1. The van der Waals surface area contributed by atoms with Crippen LogP contribution in [-0.4, -0.2) is 60.0 Å². The molecule has 1 heterocycles. The number of imide groups is 1. The predicted octanol–water partition coefficient (Wildman–Crippen LogP) is 2.31. The summed E-state index contributed by atoms with van der Waals surface area (Å²) < 4.78 is 5.13. The fourth-order valence-corrected chi connectivity index (χ4v) is 4.04. The second-order valence-corrected chi connectivity index (χ2v) is 7.57. The lowest BCUT2D eigenvalue weighted by Crippen LogP contribution is -2.44. The van der Waals surface area contributed by atoms with Gasteiger partial charge in [-0.2, -0.15) is 0 Å². The minimum atomic E-state index is -0.682. The van der Waals surface area contributed by atoms with Gasteiger partial charge in [0.15, 0.2) is 0 Å². The molecule has 0 bridgehead atoms. The second kappa shape index (κ2) is 9.19. The molecule has 1 saturated heterocycles. The molecule has 7 nitrogen and oxygen atoms in total. The van der Waals surface area contributed by atoms with Gasteiger partial charge >= 0.3 is 6.03 Å². The maximum absolute atomic E-state index is 12.7. The first kappa shape index (κ1) is 20.3. The van der Waals surface area contributed by atoms with Crippen LogP contribution < -0.4 is 5.32 Å². The van der Waals surface area contributed by atoms with E-state index >= 15 is 0 Å². The number of carbonyl (C=O) groups is 3. The second-order valence-electron chi connectivity index (χ2n) is 7.57. The van der Waals surface area contributed by atoms with Crippen molar-refractivity contribution in [2.24, 2.45) is 0 Å². The molecule has 1 aliphatic carbocycles. The zero-order valence-electron chi connectivity index (χ0n) is 16.5. The van der Waals surface area contributed by atoms with E-state index in [0.717, 1.165) is 31.2 Å². The number of urea groups is 1. The number of hydrogen-bond acceptors (Lipinski definition) is 4. The van der Waals surface area contributed by atoms with E-state index < -0.39 is 5.54 Å². The van der Waals surface area contributed by atoms with Gasteiger partial charge in [-0.25, -0.2) is 4.79 Å². The minimum Gasteiger partial charge on any atom is -0.383 e. The van der Waals surface area contributed by atoms with E-state index in [2.05, 4.69) is 5.32 Å². The summed E-state index contributed by atoms with van der Waals surface area (Å²) >= 11 is 0. The van der Waals surface area contributed by atoms with Crippen LogP contribution in [0.2, 0.25) is 0 Å². The van der Waals surface area contributed by atoms with Crippen LogP contribution in [0.1, 0.15) is 44.1 Å². The summed E-state index contributed by atoms with van der Waals surface area (Å²) in [6.45, 7) is 1.78. The third kappa shape index (κ3) is 4.52. The first-order chi connectivity index (χ1) is 13.6. The zero-order chi connectivity index (χ0) is 20.0. The lowest BCUT2D eigenvalue weighted by molar-refractivity contribution is -0.134. The van der Waals surface area contributed by atoms with Gasteiger partial charge < -0.3 is 15.0 Å². The molecule has 2 fully saturated rings. The lowest BCUT2D eigenvalue weighted by atomic mass is 9.98. The van der Waals surface area contributed by atoms with E-state index in [-0.39, 0.29) is 24.4 Å². The van der Waals surface area contributed by atoms with Crippen molar-refractivity contribution in [1.29, 1.82) is 0 Å². The Hall–Kier alpha value is -2.41. The van der Waals surface area contributed by atoms with Crippen LogP contribution in [-0.2, 0) is 20.9 Å². The Morgan fingerprint density at radius 2 is 1.93 bits per heavy atom. The first-order valence-electron chi connectivity index (χ1n) is 10.0. The molecule has 28 heavy (non-hydrogen) atoms. The van der Waals surface area contributed by atoms with Crippen molar-refractivity contribution < 1.29 is 19.1 Å². The quantitative estimate of drug-likeness (QED) is 0.660. The van der Waals surface area contributed by atoms with Crippen molar-refractivity contribution in [3.05, 3.63) is 35.9 Å². The number of ether oxygens (including phenoxy) is 1. The van der Waals surface area contributed by atoms with Gasteiger partial charge in [-0.3, -0.25) is 14.5 Å². The molecule has 0 atom stereocenters. The van der Waals surface area contributed by atoms with Crippen LogP contribution in [0.5, 0.6) is 0 Å². The van der Waals surface area contributed by atoms with Crippen molar-refractivity contribution in [3.63, 3.8) is 0 Å². The Labute approximate surface area is 166 Å². The van der Waals surface area contributed by atoms with E-state index in [1.54, 1.807) is 12.0 Å². The first-order valence-corrected chi connectivity index (χ1v) is 10.0. The fraction of sp³-hybridized carbons (Fsp3) is 0.571. The molecule has 1 saturated carbocycles. The van der Waals surface area contributed by atoms with Crippen LogP contribution in [0.25, 0.3) is 0 Å². The molecular weight excluding hydrogens is 358 g/mol. The Bertz CT molecular complexity index is 701. The summed E-state index contributed by atoms with van der Waals surface area (Å²) in [5, 5.41) is 2.88. The van der Waals surface area contributed by atoms with Crippen LogP contribution in [0.15, 0.2) is 30.3 Å². The molecule has 1 aliphatic heterocycles. The highest BCUT2D eigenvalue weighted by atomic mass is 16.5. The summed E-state index contributed by atoms with van der Waals surface area (Å²) in [5.41, 5.74) is 0.378. The molecule has 1 spiro atoms. The topological polar surface area (TPSA) is 79.0 Å². The molecule has 4 amide bonds. The van der Waals surface area contributed by atoms with Gasteiger partial charge in [-0.05, 0) is 24.8 Å². The highest BCUT2D eigenvalue weighted by Gasteiger charge is 2.52. The van der Waals surface area contributed by atoms with Crippen LogP contribution in [0.3, 0.4) is 0 Å². The molecule has 1 aromatic carbocycles. The molecule has 0 unspecified atom stereocenters. The van der Waals surface area contributed by atoms with E-state index in [1.165, 1.54) is 4.90 Å². The molecule has 1 N–H and O–H groups in total. The Morgan fingerprint density at radius 3 is 2.61 bits per heavy atom. The summed E-state index contributed by atoms with van der Waals surface area (Å²) in [7, 11) is 1.61. The smallest absolute Gasteiger partial charge is 0.325 e. The largest absolute Gasteiger partial charge is 0.383 e. The maximum Gasteiger partial charge on any atom is 0.325 e. The molecule has 0 radical (unpaired) electrons. The average Bonchev–Trinajstić information content (AvgIpc) is 3.26. The summed E-state index contributed by atoms with van der Waals surface area (Å²) in [5.74, 6) is -0.119. The SMILES string of the molecule is COCCN(Cc1ccccc1)C(=O)CCCN1C(=O)NC2(CCCC2)C1=O. The number of amides is 4. The Morgan fingerprint density at radius 1 is 1.21 bits per heavy atom. The van der Waals surface area contributed by atoms with Gasteiger partial charge in [0.1, 0.15) is 5.54 Å². The number of benzene rings is 1. The monoisotopic (exact) mass is 387 g/mol. The van der Waals surface area contributed by atoms with Crippen molar-refractivity contribution in [2.45, 2.75) is 50.6 Å². The van der Waals surface area contributed by atoms with Crippen molar-refractivity contribution in [3.8, 4) is 0 Å². The summed E-state index contributed by atoms with van der Waals surface area (Å²) in [4.78, 5) is 40.6. The predicted molar refractivity (Wildman–Crippen MR) is 104 cm³/mol. The third-order valence-electron chi connectivity index (χ3n) is 5.61. The van der Waals surface area contributed by atoms with E-state index in [4.69, 9.17) is 4.74 Å². The van der Waals surface area contributed by atoms with Crippen molar-refractivity contribution in [2.75, 3.05) is 26.8 Å². The molecule has 7 heteroatoms. The number of nitrogens with zero attached hydrogens (tertiary/aromatic N) is 2.